The monoisotopic (exact) mass is 449 g/mol. The quantitative estimate of drug-likeness (QED) is 0.519. The van der Waals surface area contributed by atoms with E-state index in [0.717, 1.165) is 19.1 Å². The minimum atomic E-state index is -0.831. The number of aromatic nitrogens is 1. The average Bonchev–Trinajstić information content (AvgIpc) is 3.33. The van der Waals surface area contributed by atoms with Crippen LogP contribution >= 0.6 is 0 Å². The topological polar surface area (TPSA) is 113 Å². The lowest BCUT2D eigenvalue weighted by atomic mass is 9.91. The van der Waals surface area contributed by atoms with Gasteiger partial charge >= 0.3 is 5.97 Å². The average molecular weight is 450 g/mol. The Morgan fingerprint density at radius 3 is 2.50 bits per heavy atom. The van der Waals surface area contributed by atoms with E-state index in [-0.39, 0.29) is 30.7 Å². The minimum absolute atomic E-state index is 0.0756. The lowest BCUT2D eigenvalue weighted by Crippen LogP contribution is -2.46. The number of carbonyl (C=O) groups is 3. The van der Waals surface area contributed by atoms with Crippen molar-refractivity contribution in [3.63, 3.8) is 0 Å². The van der Waals surface area contributed by atoms with E-state index >= 15 is 0 Å². The van der Waals surface area contributed by atoms with Crippen molar-refractivity contribution in [2.24, 2.45) is 11.8 Å². The smallest absolute Gasteiger partial charge is 0.329 e. The standard InChI is InChI=1S/C23H35N3O6/c1-14(2)20(18-11-19(24-32-18)25-8-6-15(13-27)7-9-25)21(29)26-12-16(28)10-17(26)22(30)31-23(3,4)5/h11,13-17,20,28H,6-10,12H2,1-5H3/t16-,17+,20-/m1/s1. The summed E-state index contributed by atoms with van der Waals surface area (Å²) >= 11 is 0. The maximum absolute atomic E-state index is 13.5. The van der Waals surface area contributed by atoms with Crippen molar-refractivity contribution in [1.29, 1.82) is 0 Å². The van der Waals surface area contributed by atoms with Gasteiger partial charge in [-0.15, -0.1) is 0 Å². The Kier molecular flexibility index (Phi) is 7.27. The highest BCUT2D eigenvalue weighted by molar-refractivity contribution is 5.89. The molecule has 178 valence electrons. The van der Waals surface area contributed by atoms with Gasteiger partial charge in [-0.3, -0.25) is 4.79 Å². The zero-order valence-corrected chi connectivity index (χ0v) is 19.6. The molecule has 2 fully saturated rings. The van der Waals surface area contributed by atoms with Crippen LogP contribution in [0.15, 0.2) is 10.6 Å². The molecule has 1 amide bonds. The van der Waals surface area contributed by atoms with Gasteiger partial charge in [-0.1, -0.05) is 19.0 Å². The number of aliphatic hydroxyl groups excluding tert-OH is 1. The van der Waals surface area contributed by atoms with Crippen LogP contribution in [-0.2, 0) is 19.1 Å². The zero-order chi connectivity index (χ0) is 23.6. The highest BCUT2D eigenvalue weighted by Crippen LogP contribution is 2.33. The summed E-state index contributed by atoms with van der Waals surface area (Å²) in [4.78, 5) is 40.7. The predicted molar refractivity (Wildman–Crippen MR) is 117 cm³/mol. The van der Waals surface area contributed by atoms with Crippen LogP contribution in [0.1, 0.15) is 65.6 Å². The molecule has 1 N–H and O–H groups in total. The highest BCUT2D eigenvalue weighted by atomic mass is 16.6. The molecule has 3 rings (SSSR count). The summed E-state index contributed by atoms with van der Waals surface area (Å²) in [6.45, 7) is 10.6. The molecule has 0 saturated carbocycles. The van der Waals surface area contributed by atoms with Crippen LogP contribution < -0.4 is 4.90 Å². The largest absolute Gasteiger partial charge is 0.458 e. The zero-order valence-electron chi connectivity index (χ0n) is 19.6. The summed E-state index contributed by atoms with van der Waals surface area (Å²) in [7, 11) is 0. The fourth-order valence-electron chi connectivity index (χ4n) is 4.40. The van der Waals surface area contributed by atoms with Gasteiger partial charge in [0.05, 0.1) is 6.10 Å². The van der Waals surface area contributed by atoms with E-state index in [0.29, 0.717) is 24.7 Å². The molecule has 0 radical (unpaired) electrons. The van der Waals surface area contributed by atoms with Crippen LogP contribution in [0.3, 0.4) is 0 Å². The third-order valence-corrected chi connectivity index (χ3v) is 6.05. The summed E-state index contributed by atoms with van der Waals surface area (Å²) in [6.07, 6.45) is 1.90. The van der Waals surface area contributed by atoms with E-state index < -0.39 is 29.6 Å². The number of hydrogen-bond acceptors (Lipinski definition) is 8. The number of aldehydes is 1. The maximum atomic E-state index is 13.5. The minimum Gasteiger partial charge on any atom is -0.458 e. The van der Waals surface area contributed by atoms with Crippen LogP contribution in [0, 0.1) is 11.8 Å². The van der Waals surface area contributed by atoms with E-state index in [9.17, 15) is 19.5 Å². The van der Waals surface area contributed by atoms with E-state index in [4.69, 9.17) is 9.26 Å². The Labute approximate surface area is 189 Å². The van der Waals surface area contributed by atoms with Gasteiger partial charge in [0.15, 0.2) is 11.6 Å². The van der Waals surface area contributed by atoms with Gasteiger partial charge in [0.1, 0.15) is 23.8 Å². The molecule has 0 aromatic carbocycles. The first-order valence-electron chi connectivity index (χ1n) is 11.4. The van der Waals surface area contributed by atoms with E-state index in [2.05, 4.69) is 10.1 Å². The van der Waals surface area contributed by atoms with Crippen LogP contribution in [0.4, 0.5) is 5.82 Å². The van der Waals surface area contributed by atoms with Gasteiger partial charge in [0.2, 0.25) is 5.91 Å². The van der Waals surface area contributed by atoms with Crippen LogP contribution in [-0.4, -0.2) is 70.7 Å². The van der Waals surface area contributed by atoms with Gasteiger partial charge in [-0.2, -0.15) is 0 Å². The Balaban J connectivity index is 1.78. The molecule has 2 aliphatic heterocycles. The molecule has 1 aromatic rings. The van der Waals surface area contributed by atoms with Crippen molar-refractivity contribution in [2.45, 2.75) is 77.5 Å². The van der Waals surface area contributed by atoms with E-state index in [1.807, 2.05) is 13.8 Å². The highest BCUT2D eigenvalue weighted by Gasteiger charge is 2.44. The first-order chi connectivity index (χ1) is 15.0. The number of rotatable bonds is 6. The number of esters is 1. The summed E-state index contributed by atoms with van der Waals surface area (Å²) in [5.74, 6) is -0.389. The molecule has 0 aliphatic carbocycles. The van der Waals surface area contributed by atoms with Gasteiger partial charge in [-0.05, 0) is 39.5 Å². The van der Waals surface area contributed by atoms with Crippen molar-refractivity contribution in [3.8, 4) is 0 Å². The molecule has 0 unspecified atom stereocenters. The number of hydrogen-bond donors (Lipinski definition) is 1. The summed E-state index contributed by atoms with van der Waals surface area (Å²) in [5.41, 5.74) is -0.687. The first kappa shape index (κ1) is 24.2. The molecule has 1 aromatic heterocycles. The molecule has 9 nitrogen and oxygen atoms in total. The molecule has 9 heteroatoms. The van der Waals surface area contributed by atoms with Gasteiger partial charge in [0, 0.05) is 38.0 Å². The molecular weight excluding hydrogens is 414 g/mol. The third kappa shape index (κ3) is 5.49. The maximum Gasteiger partial charge on any atom is 0.329 e. The molecule has 3 atom stereocenters. The molecule has 0 spiro atoms. The van der Waals surface area contributed by atoms with Crippen molar-refractivity contribution < 1.29 is 28.8 Å². The van der Waals surface area contributed by atoms with Crippen molar-refractivity contribution in [2.75, 3.05) is 24.5 Å². The second-order valence-electron chi connectivity index (χ2n) is 10.2. The van der Waals surface area contributed by atoms with Crippen LogP contribution in [0.2, 0.25) is 0 Å². The summed E-state index contributed by atoms with van der Waals surface area (Å²) in [6, 6.07) is 0.946. The number of piperidine rings is 1. The Morgan fingerprint density at radius 1 is 1.28 bits per heavy atom. The first-order valence-corrected chi connectivity index (χ1v) is 11.4. The summed E-state index contributed by atoms with van der Waals surface area (Å²) < 4.78 is 11.1. The van der Waals surface area contributed by atoms with Crippen LogP contribution in [0.25, 0.3) is 0 Å². The summed E-state index contributed by atoms with van der Waals surface area (Å²) in [5, 5.41) is 14.4. The third-order valence-electron chi connectivity index (χ3n) is 6.05. The second kappa shape index (κ2) is 9.60. The number of amides is 1. The molecule has 0 bridgehead atoms. The van der Waals surface area contributed by atoms with E-state index in [1.165, 1.54) is 4.90 Å². The fraction of sp³-hybridized carbons (Fsp3) is 0.739. The molecular formula is C23H35N3O6. The van der Waals surface area contributed by atoms with Crippen molar-refractivity contribution in [3.05, 3.63) is 11.8 Å². The number of nitrogens with zero attached hydrogens (tertiary/aromatic N) is 3. The fourth-order valence-corrected chi connectivity index (χ4v) is 4.40. The van der Waals surface area contributed by atoms with Gasteiger partial charge in [-0.25, -0.2) is 4.79 Å². The van der Waals surface area contributed by atoms with Gasteiger partial charge in [0.25, 0.3) is 0 Å². The number of likely N-dealkylation sites (tertiary alicyclic amines) is 1. The number of anilines is 1. The lowest BCUT2D eigenvalue weighted by molar-refractivity contribution is -0.163. The molecule has 2 saturated heterocycles. The molecule has 32 heavy (non-hydrogen) atoms. The SMILES string of the molecule is CC(C)[C@@H](C(=O)N1C[C@H](O)C[C@H]1C(=O)OC(C)(C)C)c1cc(N2CCC(C=O)CC2)no1. The number of β-amino-alcohol motifs (C(OH)–C–C–N with tert-alkyl or cyclic N) is 1. The van der Waals surface area contributed by atoms with Crippen molar-refractivity contribution in [1.82, 2.24) is 10.1 Å². The Bertz CT molecular complexity index is 822. The predicted octanol–water partition coefficient (Wildman–Crippen LogP) is 2.13. The lowest BCUT2D eigenvalue weighted by Gasteiger charge is -2.30. The van der Waals surface area contributed by atoms with Crippen molar-refractivity contribution >= 4 is 24.0 Å². The number of carbonyl (C=O) groups excluding carboxylic acids is 3. The normalized spacial score (nSPS) is 23.5. The number of aliphatic hydroxyl groups is 1. The van der Waals surface area contributed by atoms with E-state index in [1.54, 1.807) is 26.8 Å². The Hall–Kier alpha value is -2.42. The van der Waals surface area contributed by atoms with Crippen LogP contribution in [0.5, 0.6) is 0 Å². The molecule has 3 heterocycles. The molecule has 2 aliphatic rings. The number of ether oxygens (including phenoxy) is 1. The second-order valence-corrected chi connectivity index (χ2v) is 10.2. The van der Waals surface area contributed by atoms with Gasteiger partial charge < -0.3 is 29.0 Å². The Morgan fingerprint density at radius 2 is 1.94 bits per heavy atom.